The van der Waals surface area contributed by atoms with Gasteiger partial charge in [-0.05, 0) is 25.0 Å². The fourth-order valence-electron chi connectivity index (χ4n) is 1.61. The van der Waals surface area contributed by atoms with Crippen LogP contribution in [0, 0.1) is 0 Å². The van der Waals surface area contributed by atoms with Crippen molar-refractivity contribution in [1.29, 1.82) is 0 Å². The second-order valence-electron chi connectivity index (χ2n) is 4.01. The summed E-state index contributed by atoms with van der Waals surface area (Å²) >= 11 is 0.524. The zero-order valence-electron chi connectivity index (χ0n) is 10.4. The van der Waals surface area contributed by atoms with Gasteiger partial charge in [0.25, 0.3) is 5.76 Å². The van der Waals surface area contributed by atoms with Gasteiger partial charge in [-0.1, -0.05) is 30.3 Å². The van der Waals surface area contributed by atoms with Gasteiger partial charge >= 0.3 is 5.97 Å². The van der Waals surface area contributed by atoms with Gasteiger partial charge in [0.15, 0.2) is 0 Å². The highest BCUT2D eigenvalue weighted by atomic mass is 32.2. The molecule has 0 spiro atoms. The van der Waals surface area contributed by atoms with Crippen molar-refractivity contribution in [2.45, 2.75) is 36.3 Å². The first-order valence-electron chi connectivity index (χ1n) is 6.09. The molecule has 0 aromatic heterocycles. The largest absolute Gasteiger partial charge is 0.481 e. The van der Waals surface area contributed by atoms with Crippen molar-refractivity contribution in [2.24, 2.45) is 0 Å². The van der Waals surface area contributed by atoms with E-state index < -0.39 is 11.7 Å². The van der Waals surface area contributed by atoms with E-state index in [-0.39, 0.29) is 6.42 Å². The molecule has 1 rings (SSSR count). The van der Waals surface area contributed by atoms with Gasteiger partial charge in [0.1, 0.15) is 0 Å². The van der Waals surface area contributed by atoms with Crippen molar-refractivity contribution in [3.63, 3.8) is 0 Å². The number of benzene rings is 1. The van der Waals surface area contributed by atoms with Gasteiger partial charge in [-0.3, -0.25) is 4.79 Å². The summed E-state index contributed by atoms with van der Waals surface area (Å²) in [6, 6.07) is 6.94. The molecule has 3 nitrogen and oxygen atoms in total. The summed E-state index contributed by atoms with van der Waals surface area (Å²) in [7, 11) is 0. The van der Waals surface area contributed by atoms with Crippen LogP contribution < -0.4 is 5.32 Å². The second kappa shape index (κ2) is 8.74. The zero-order chi connectivity index (χ0) is 14.1. The monoisotopic (exact) mass is 289 g/mol. The van der Waals surface area contributed by atoms with Crippen LogP contribution >= 0.6 is 11.8 Å². The third-order valence-corrected chi connectivity index (χ3v) is 3.27. The highest BCUT2D eigenvalue weighted by Gasteiger charge is 2.08. The van der Waals surface area contributed by atoms with Crippen molar-refractivity contribution in [2.75, 3.05) is 11.9 Å². The van der Waals surface area contributed by atoms with Gasteiger partial charge in [-0.15, -0.1) is 0 Å². The topological polar surface area (TPSA) is 49.3 Å². The molecule has 0 unspecified atom stereocenters. The maximum absolute atomic E-state index is 12.3. The lowest BCUT2D eigenvalue weighted by Gasteiger charge is -2.11. The highest BCUT2D eigenvalue weighted by Crippen LogP contribution is 2.31. The average molecular weight is 289 g/mol. The SMILES string of the molecule is O=C(O)CCCCCNc1ccccc1SC(F)F. The molecule has 0 atom stereocenters. The van der Waals surface area contributed by atoms with Gasteiger partial charge in [-0.25, -0.2) is 0 Å². The average Bonchev–Trinajstić information content (AvgIpc) is 2.34. The summed E-state index contributed by atoms with van der Waals surface area (Å²) in [5, 5.41) is 11.6. The Morgan fingerprint density at radius 1 is 1.26 bits per heavy atom. The van der Waals surface area contributed by atoms with Crippen LogP contribution in [0.2, 0.25) is 0 Å². The molecule has 0 aliphatic heterocycles. The van der Waals surface area contributed by atoms with Crippen LogP contribution in [0.15, 0.2) is 29.2 Å². The number of carboxylic acid groups (broad SMARTS) is 1. The smallest absolute Gasteiger partial charge is 0.303 e. The summed E-state index contributed by atoms with van der Waals surface area (Å²) in [4.78, 5) is 10.8. The number of rotatable bonds is 9. The predicted octanol–water partition coefficient (Wildman–Crippen LogP) is 4.06. The van der Waals surface area contributed by atoms with Crippen LogP contribution in [0.5, 0.6) is 0 Å². The Labute approximate surface area is 115 Å². The Morgan fingerprint density at radius 3 is 2.68 bits per heavy atom. The Morgan fingerprint density at radius 2 is 2.00 bits per heavy atom. The number of unbranched alkanes of at least 4 members (excludes halogenated alkanes) is 2. The van der Waals surface area contributed by atoms with Crippen LogP contribution in [0.4, 0.5) is 14.5 Å². The number of alkyl halides is 2. The molecule has 0 aliphatic carbocycles. The van der Waals surface area contributed by atoms with E-state index in [9.17, 15) is 13.6 Å². The van der Waals surface area contributed by atoms with Crippen molar-refractivity contribution in [3.05, 3.63) is 24.3 Å². The summed E-state index contributed by atoms with van der Waals surface area (Å²) in [6.07, 6.45) is 2.45. The lowest BCUT2D eigenvalue weighted by Crippen LogP contribution is -2.03. The third kappa shape index (κ3) is 7.00. The number of nitrogens with one attached hydrogen (secondary N) is 1. The number of hydrogen-bond donors (Lipinski definition) is 2. The number of aliphatic carboxylic acids is 1. The lowest BCUT2D eigenvalue weighted by atomic mass is 10.2. The van der Waals surface area contributed by atoms with Crippen LogP contribution in [0.1, 0.15) is 25.7 Å². The molecule has 0 amide bonds. The number of thioether (sulfide) groups is 1. The third-order valence-electron chi connectivity index (χ3n) is 2.49. The van der Waals surface area contributed by atoms with Crippen molar-refractivity contribution in [1.82, 2.24) is 0 Å². The first-order chi connectivity index (χ1) is 9.09. The Bertz CT molecular complexity index is 402. The van der Waals surface area contributed by atoms with E-state index in [0.29, 0.717) is 35.3 Å². The van der Waals surface area contributed by atoms with Gasteiger partial charge < -0.3 is 10.4 Å². The van der Waals surface area contributed by atoms with Gasteiger partial charge in [-0.2, -0.15) is 8.78 Å². The maximum Gasteiger partial charge on any atom is 0.303 e. The number of hydrogen-bond acceptors (Lipinski definition) is 3. The Balaban J connectivity index is 2.30. The molecule has 0 saturated carbocycles. The minimum Gasteiger partial charge on any atom is -0.481 e. The van der Waals surface area contributed by atoms with E-state index >= 15 is 0 Å². The first-order valence-corrected chi connectivity index (χ1v) is 6.97. The highest BCUT2D eigenvalue weighted by molar-refractivity contribution is 7.99. The molecule has 0 saturated heterocycles. The van der Waals surface area contributed by atoms with E-state index in [1.54, 1.807) is 24.3 Å². The van der Waals surface area contributed by atoms with Crippen LogP contribution in [0.25, 0.3) is 0 Å². The van der Waals surface area contributed by atoms with Crippen LogP contribution in [0.3, 0.4) is 0 Å². The van der Waals surface area contributed by atoms with Gasteiger partial charge in [0.2, 0.25) is 0 Å². The minimum atomic E-state index is -2.43. The Kier molecular flexibility index (Phi) is 7.25. The molecule has 1 aromatic carbocycles. The first kappa shape index (κ1) is 15.8. The van der Waals surface area contributed by atoms with E-state index in [2.05, 4.69) is 5.32 Å². The number of para-hydroxylation sites is 1. The molecule has 106 valence electrons. The molecule has 2 N–H and O–H groups in total. The number of carbonyl (C=O) groups is 1. The van der Waals surface area contributed by atoms with Gasteiger partial charge in [0, 0.05) is 23.5 Å². The number of halogens is 2. The molecule has 1 aromatic rings. The zero-order valence-corrected chi connectivity index (χ0v) is 11.3. The molecule has 0 aliphatic rings. The molecule has 19 heavy (non-hydrogen) atoms. The molecular formula is C13H17F2NO2S. The minimum absolute atomic E-state index is 0.178. The van der Waals surface area contributed by atoms with Crippen molar-refractivity contribution >= 4 is 23.4 Å². The van der Waals surface area contributed by atoms with E-state index in [0.717, 1.165) is 12.8 Å². The van der Waals surface area contributed by atoms with Crippen LogP contribution in [-0.2, 0) is 4.79 Å². The normalized spacial score (nSPS) is 10.7. The standard InChI is InChI=1S/C13H17F2NO2S/c14-13(15)19-11-7-4-3-6-10(11)16-9-5-1-2-8-12(17)18/h3-4,6-7,13,16H,1-2,5,8-9H2,(H,17,18). The molecule has 0 fully saturated rings. The number of carboxylic acids is 1. The van der Waals surface area contributed by atoms with Crippen LogP contribution in [-0.4, -0.2) is 23.4 Å². The number of anilines is 1. The molecule has 0 bridgehead atoms. The van der Waals surface area contributed by atoms with Crippen molar-refractivity contribution in [3.8, 4) is 0 Å². The molecule has 0 radical (unpaired) electrons. The second-order valence-corrected chi connectivity index (χ2v) is 5.04. The summed E-state index contributed by atoms with van der Waals surface area (Å²) in [5.74, 6) is -3.22. The fourth-order valence-corrected chi connectivity index (χ4v) is 2.23. The van der Waals surface area contributed by atoms with E-state index in [1.165, 1.54) is 0 Å². The van der Waals surface area contributed by atoms with Crippen molar-refractivity contribution < 1.29 is 18.7 Å². The lowest BCUT2D eigenvalue weighted by molar-refractivity contribution is -0.137. The maximum atomic E-state index is 12.3. The summed E-state index contributed by atoms with van der Waals surface area (Å²) in [5.41, 5.74) is 0.700. The summed E-state index contributed by atoms with van der Waals surface area (Å²) in [6.45, 7) is 0.653. The molecule has 0 heterocycles. The molecular weight excluding hydrogens is 272 g/mol. The van der Waals surface area contributed by atoms with Gasteiger partial charge in [0.05, 0.1) is 0 Å². The molecule has 6 heteroatoms. The van der Waals surface area contributed by atoms with E-state index in [1.807, 2.05) is 0 Å². The summed E-state index contributed by atoms with van der Waals surface area (Å²) < 4.78 is 24.7. The van der Waals surface area contributed by atoms with E-state index in [4.69, 9.17) is 5.11 Å². The Hall–Kier alpha value is -1.30. The fraction of sp³-hybridized carbons (Fsp3) is 0.462. The quantitative estimate of drug-likeness (QED) is 0.531. The predicted molar refractivity (Wildman–Crippen MR) is 72.9 cm³/mol.